The Balaban J connectivity index is 1.34. The normalized spacial score (nSPS) is 14.6. The third-order valence-corrected chi connectivity index (χ3v) is 5.29. The highest BCUT2D eigenvalue weighted by Crippen LogP contribution is 2.29. The molecule has 1 saturated heterocycles. The van der Waals surface area contributed by atoms with Crippen LogP contribution in [0.1, 0.15) is 6.92 Å². The fraction of sp³-hybridized carbons (Fsp3) is 0.450. The number of aromatic nitrogens is 5. The summed E-state index contributed by atoms with van der Waals surface area (Å²) in [7, 11) is 3.14. The van der Waals surface area contributed by atoms with Crippen LogP contribution in [-0.4, -0.2) is 82.7 Å². The number of anilines is 2. The minimum absolute atomic E-state index is 0.0732. The number of carbonyl (C=O) groups is 1. The fourth-order valence-electron chi connectivity index (χ4n) is 3.66. The quantitative estimate of drug-likeness (QED) is 0.592. The van der Waals surface area contributed by atoms with Gasteiger partial charge in [-0.3, -0.25) is 9.69 Å². The number of amides is 1. The predicted octanol–water partition coefficient (Wildman–Crippen LogP) is 1.02. The molecular weight excluding hydrogens is 400 g/mol. The van der Waals surface area contributed by atoms with E-state index in [9.17, 15) is 4.79 Å². The molecule has 1 aliphatic rings. The highest BCUT2D eigenvalue weighted by atomic mass is 16.5. The molecule has 1 aromatic carbocycles. The van der Waals surface area contributed by atoms with E-state index in [-0.39, 0.29) is 5.91 Å². The summed E-state index contributed by atoms with van der Waals surface area (Å²) in [4.78, 5) is 25.5. The molecule has 0 bridgehead atoms. The number of aryl methyl sites for hydroxylation is 1. The fourth-order valence-corrected chi connectivity index (χ4v) is 3.66. The number of fused-ring (bicyclic) bond motifs is 1. The van der Waals surface area contributed by atoms with Gasteiger partial charge in [0.2, 0.25) is 5.91 Å². The standard InChI is InChI=1S/C20H26N8O3/c1-4-28-20-18(24-25-28)19(21-13-22-20)27-9-7-26(8-10-27)12-17(29)23-14-5-6-15(30-2)16(11-14)31-3/h5-6,11,13H,4,7-10,12H2,1-3H3,(H,23,29). The van der Waals surface area contributed by atoms with E-state index in [1.54, 1.807) is 43.4 Å². The van der Waals surface area contributed by atoms with E-state index < -0.39 is 0 Å². The summed E-state index contributed by atoms with van der Waals surface area (Å²) < 4.78 is 12.3. The van der Waals surface area contributed by atoms with E-state index in [0.29, 0.717) is 35.8 Å². The van der Waals surface area contributed by atoms with E-state index in [1.807, 2.05) is 6.92 Å². The lowest BCUT2D eigenvalue weighted by atomic mass is 10.2. The molecule has 0 spiro atoms. The first-order valence-corrected chi connectivity index (χ1v) is 10.2. The molecule has 0 aliphatic carbocycles. The Morgan fingerprint density at radius 3 is 2.58 bits per heavy atom. The van der Waals surface area contributed by atoms with Gasteiger partial charge >= 0.3 is 0 Å². The smallest absolute Gasteiger partial charge is 0.238 e. The minimum atomic E-state index is -0.0732. The van der Waals surface area contributed by atoms with E-state index in [1.165, 1.54) is 0 Å². The Morgan fingerprint density at radius 2 is 1.87 bits per heavy atom. The third kappa shape index (κ3) is 4.36. The average molecular weight is 426 g/mol. The van der Waals surface area contributed by atoms with Crippen molar-refractivity contribution in [1.82, 2.24) is 29.9 Å². The zero-order valence-corrected chi connectivity index (χ0v) is 17.9. The van der Waals surface area contributed by atoms with Gasteiger partial charge in [-0.2, -0.15) is 0 Å². The molecule has 0 radical (unpaired) electrons. The Morgan fingerprint density at radius 1 is 1.10 bits per heavy atom. The molecule has 1 amide bonds. The van der Waals surface area contributed by atoms with E-state index in [4.69, 9.17) is 9.47 Å². The van der Waals surface area contributed by atoms with Gasteiger partial charge in [0, 0.05) is 44.5 Å². The molecule has 0 atom stereocenters. The first-order chi connectivity index (χ1) is 15.1. The number of piperazine rings is 1. The molecule has 1 N–H and O–H groups in total. The summed E-state index contributed by atoms with van der Waals surface area (Å²) in [6, 6.07) is 5.31. The maximum absolute atomic E-state index is 12.5. The Labute approximate surface area is 180 Å². The molecule has 1 fully saturated rings. The molecule has 11 heteroatoms. The topological polar surface area (TPSA) is 111 Å². The van der Waals surface area contributed by atoms with Crippen molar-refractivity contribution in [3.05, 3.63) is 24.5 Å². The van der Waals surface area contributed by atoms with E-state index in [2.05, 4.69) is 35.4 Å². The lowest BCUT2D eigenvalue weighted by Gasteiger charge is -2.34. The second-order valence-electron chi connectivity index (χ2n) is 7.16. The van der Waals surface area contributed by atoms with Gasteiger partial charge in [0.15, 0.2) is 28.5 Å². The van der Waals surface area contributed by atoms with Crippen LogP contribution in [0.25, 0.3) is 11.2 Å². The van der Waals surface area contributed by atoms with Gasteiger partial charge in [0.1, 0.15) is 6.33 Å². The number of hydrogen-bond acceptors (Lipinski definition) is 9. The van der Waals surface area contributed by atoms with Crippen LogP contribution < -0.4 is 19.7 Å². The van der Waals surface area contributed by atoms with Crippen molar-refractivity contribution < 1.29 is 14.3 Å². The maximum Gasteiger partial charge on any atom is 0.238 e. The molecule has 1 aliphatic heterocycles. The van der Waals surface area contributed by atoms with Crippen LogP contribution in [0.2, 0.25) is 0 Å². The summed E-state index contributed by atoms with van der Waals surface area (Å²) in [5.41, 5.74) is 2.12. The van der Waals surface area contributed by atoms with Crippen molar-refractivity contribution in [3.8, 4) is 11.5 Å². The van der Waals surface area contributed by atoms with Crippen LogP contribution >= 0.6 is 0 Å². The third-order valence-electron chi connectivity index (χ3n) is 5.29. The minimum Gasteiger partial charge on any atom is -0.493 e. The molecule has 3 aromatic rings. The average Bonchev–Trinajstić information content (AvgIpc) is 3.23. The van der Waals surface area contributed by atoms with Crippen molar-refractivity contribution >= 4 is 28.6 Å². The zero-order chi connectivity index (χ0) is 21.8. The summed E-state index contributed by atoms with van der Waals surface area (Å²) in [6.07, 6.45) is 1.55. The number of carbonyl (C=O) groups excluding carboxylic acids is 1. The van der Waals surface area contributed by atoms with Crippen LogP contribution in [0.4, 0.5) is 11.5 Å². The van der Waals surface area contributed by atoms with Crippen molar-refractivity contribution in [2.24, 2.45) is 0 Å². The second-order valence-corrected chi connectivity index (χ2v) is 7.16. The van der Waals surface area contributed by atoms with Crippen molar-refractivity contribution in [1.29, 1.82) is 0 Å². The highest BCUT2D eigenvalue weighted by Gasteiger charge is 2.23. The summed E-state index contributed by atoms with van der Waals surface area (Å²) in [5.74, 6) is 1.91. The molecule has 4 rings (SSSR count). The van der Waals surface area contributed by atoms with Gasteiger partial charge in [0.05, 0.1) is 20.8 Å². The number of benzene rings is 1. The highest BCUT2D eigenvalue weighted by molar-refractivity contribution is 5.92. The number of hydrogen-bond donors (Lipinski definition) is 1. The summed E-state index contributed by atoms with van der Waals surface area (Å²) >= 11 is 0. The maximum atomic E-state index is 12.5. The Hall–Kier alpha value is -3.47. The van der Waals surface area contributed by atoms with Gasteiger partial charge in [-0.25, -0.2) is 14.6 Å². The lowest BCUT2D eigenvalue weighted by molar-refractivity contribution is -0.117. The van der Waals surface area contributed by atoms with Gasteiger partial charge in [-0.1, -0.05) is 5.21 Å². The Bertz CT molecular complexity index is 1060. The van der Waals surface area contributed by atoms with Gasteiger partial charge in [-0.05, 0) is 19.1 Å². The van der Waals surface area contributed by atoms with E-state index in [0.717, 1.165) is 37.6 Å². The summed E-state index contributed by atoms with van der Waals surface area (Å²) in [6.45, 7) is 5.99. The molecule has 11 nitrogen and oxygen atoms in total. The van der Waals surface area contributed by atoms with Crippen molar-refractivity contribution in [2.45, 2.75) is 13.5 Å². The van der Waals surface area contributed by atoms with E-state index >= 15 is 0 Å². The molecule has 3 heterocycles. The van der Waals surface area contributed by atoms with Gasteiger partial charge in [0.25, 0.3) is 0 Å². The van der Waals surface area contributed by atoms with Crippen molar-refractivity contribution in [3.63, 3.8) is 0 Å². The van der Waals surface area contributed by atoms with Gasteiger partial charge in [-0.15, -0.1) is 5.10 Å². The van der Waals surface area contributed by atoms with Crippen LogP contribution in [0.5, 0.6) is 11.5 Å². The number of rotatable bonds is 7. The SMILES string of the molecule is CCn1nnc2c(N3CCN(CC(=O)Nc4ccc(OC)c(OC)c4)CC3)ncnc21. The van der Waals surface area contributed by atoms with Gasteiger partial charge < -0.3 is 19.7 Å². The predicted molar refractivity (Wildman–Crippen MR) is 116 cm³/mol. The van der Waals surface area contributed by atoms with Crippen LogP contribution in [0, 0.1) is 0 Å². The molecule has 0 saturated carbocycles. The number of methoxy groups -OCH3 is 2. The molecule has 164 valence electrons. The van der Waals surface area contributed by atoms with Crippen LogP contribution in [-0.2, 0) is 11.3 Å². The molecule has 2 aromatic heterocycles. The Kier molecular flexibility index (Phi) is 6.12. The van der Waals surface area contributed by atoms with Crippen molar-refractivity contribution in [2.75, 3.05) is 57.2 Å². The van der Waals surface area contributed by atoms with Crippen LogP contribution in [0.3, 0.4) is 0 Å². The second kappa shape index (κ2) is 9.13. The molecule has 31 heavy (non-hydrogen) atoms. The molecular formula is C20H26N8O3. The monoisotopic (exact) mass is 426 g/mol. The molecule has 0 unspecified atom stereocenters. The number of nitrogens with one attached hydrogen (secondary N) is 1. The first kappa shape index (κ1) is 20.8. The number of nitrogens with zero attached hydrogens (tertiary/aromatic N) is 7. The van der Waals surface area contributed by atoms with Crippen LogP contribution in [0.15, 0.2) is 24.5 Å². The first-order valence-electron chi connectivity index (χ1n) is 10.2. The lowest BCUT2D eigenvalue weighted by Crippen LogP contribution is -2.49. The number of ether oxygens (including phenoxy) is 2. The largest absolute Gasteiger partial charge is 0.493 e. The zero-order valence-electron chi connectivity index (χ0n) is 17.9. The summed E-state index contributed by atoms with van der Waals surface area (Å²) in [5, 5.41) is 11.3.